The first-order valence-electron chi connectivity index (χ1n) is 6.56. The maximum absolute atomic E-state index is 12.7. The lowest BCUT2D eigenvalue weighted by atomic mass is 9.91. The zero-order valence-corrected chi connectivity index (χ0v) is 11.7. The second kappa shape index (κ2) is 6.05. The van der Waals surface area contributed by atoms with Gasteiger partial charge in [-0.25, -0.2) is 8.42 Å². The Hall–Kier alpha value is -1.21. The van der Waals surface area contributed by atoms with E-state index >= 15 is 0 Å². The average Bonchev–Trinajstić information content (AvgIpc) is 2.41. The van der Waals surface area contributed by atoms with E-state index in [9.17, 15) is 17.2 Å². The van der Waals surface area contributed by atoms with Gasteiger partial charge in [0.2, 0.25) is 9.84 Å². The van der Waals surface area contributed by atoms with Crippen molar-refractivity contribution in [3.63, 3.8) is 0 Å². The van der Waals surface area contributed by atoms with Crippen molar-refractivity contribution in [3.05, 3.63) is 24.3 Å². The van der Waals surface area contributed by atoms with Crippen LogP contribution in [0.5, 0.6) is 0 Å². The van der Waals surface area contributed by atoms with Gasteiger partial charge in [-0.05, 0) is 25.0 Å². The van der Waals surface area contributed by atoms with E-state index < -0.39 is 15.6 Å². The summed E-state index contributed by atoms with van der Waals surface area (Å²) >= 11 is 0. The minimum Gasteiger partial charge on any atom is -0.380 e. The minimum absolute atomic E-state index is 0.0854. The Morgan fingerprint density at radius 2 is 1.85 bits per heavy atom. The average molecular weight is 304 g/mol. The second-order valence-corrected chi connectivity index (χ2v) is 6.89. The molecule has 2 atom stereocenters. The van der Waals surface area contributed by atoms with E-state index in [1.54, 1.807) is 6.07 Å². The van der Waals surface area contributed by atoms with Gasteiger partial charge in [-0.3, -0.25) is 0 Å². The van der Waals surface area contributed by atoms with E-state index in [4.69, 9.17) is 5.73 Å². The van der Waals surface area contributed by atoms with E-state index in [0.29, 0.717) is 0 Å². The highest BCUT2D eigenvalue weighted by Crippen LogP contribution is 2.28. The van der Waals surface area contributed by atoms with Crippen molar-refractivity contribution in [2.75, 3.05) is 5.32 Å². The van der Waals surface area contributed by atoms with E-state index in [0.717, 1.165) is 25.7 Å². The normalized spacial score (nSPS) is 23.8. The predicted octanol–water partition coefficient (Wildman–Crippen LogP) is 2.36. The lowest BCUT2D eigenvalue weighted by molar-refractivity contribution is 0.235. The summed E-state index contributed by atoms with van der Waals surface area (Å²) < 4.78 is 48.7. The fourth-order valence-electron chi connectivity index (χ4n) is 2.47. The minimum atomic E-state index is -4.61. The highest BCUT2D eigenvalue weighted by molar-refractivity contribution is 7.91. The number of halogens is 2. The number of nitrogens with two attached hydrogens (primary N) is 1. The Bertz CT molecular complexity index is 563. The van der Waals surface area contributed by atoms with Crippen LogP contribution in [0.25, 0.3) is 0 Å². The summed E-state index contributed by atoms with van der Waals surface area (Å²) in [5, 5.41) is 3.02. The van der Waals surface area contributed by atoms with Crippen LogP contribution < -0.4 is 11.1 Å². The summed E-state index contributed by atoms with van der Waals surface area (Å²) in [7, 11) is -4.61. The van der Waals surface area contributed by atoms with Crippen LogP contribution in [0.1, 0.15) is 25.7 Å². The third-order valence-corrected chi connectivity index (χ3v) is 5.03. The molecule has 0 amide bonds. The number of para-hydroxylation sites is 1. The molecule has 0 radical (unpaired) electrons. The summed E-state index contributed by atoms with van der Waals surface area (Å²) in [5.74, 6) is -3.43. The van der Waals surface area contributed by atoms with Crippen LogP contribution in [0.4, 0.5) is 14.5 Å². The van der Waals surface area contributed by atoms with Crippen molar-refractivity contribution in [2.24, 2.45) is 5.73 Å². The number of hydrogen-bond acceptors (Lipinski definition) is 4. The van der Waals surface area contributed by atoms with Crippen LogP contribution in [0, 0.1) is 0 Å². The van der Waals surface area contributed by atoms with Crippen molar-refractivity contribution >= 4 is 15.5 Å². The predicted molar refractivity (Wildman–Crippen MR) is 73.5 cm³/mol. The molecule has 7 heteroatoms. The maximum atomic E-state index is 12.7. The van der Waals surface area contributed by atoms with Crippen LogP contribution in [-0.4, -0.2) is 26.3 Å². The molecule has 3 N–H and O–H groups in total. The van der Waals surface area contributed by atoms with E-state index in [1.807, 2.05) is 0 Å². The molecule has 1 aromatic rings. The summed E-state index contributed by atoms with van der Waals surface area (Å²) in [6.45, 7) is 0. The SMILES string of the molecule is N[C@@H]1CCCC[C@H]1Nc1ccccc1S(=O)(=O)C(F)F. The molecule has 0 heterocycles. The molecule has 20 heavy (non-hydrogen) atoms. The third kappa shape index (κ3) is 3.09. The molecule has 1 fully saturated rings. The van der Waals surface area contributed by atoms with Gasteiger partial charge in [0.05, 0.1) is 10.6 Å². The van der Waals surface area contributed by atoms with Gasteiger partial charge in [-0.15, -0.1) is 0 Å². The van der Waals surface area contributed by atoms with Crippen LogP contribution in [0.15, 0.2) is 29.2 Å². The highest BCUT2D eigenvalue weighted by Gasteiger charge is 2.30. The van der Waals surface area contributed by atoms with Crippen molar-refractivity contribution in [1.29, 1.82) is 0 Å². The van der Waals surface area contributed by atoms with Crippen LogP contribution in [-0.2, 0) is 9.84 Å². The van der Waals surface area contributed by atoms with Crippen molar-refractivity contribution in [2.45, 2.75) is 48.4 Å². The van der Waals surface area contributed by atoms with Gasteiger partial charge in [0.15, 0.2) is 0 Å². The molecule has 4 nitrogen and oxygen atoms in total. The quantitative estimate of drug-likeness (QED) is 0.895. The lowest BCUT2D eigenvalue weighted by Crippen LogP contribution is -2.42. The molecule has 1 aromatic carbocycles. The van der Waals surface area contributed by atoms with Gasteiger partial charge in [0.25, 0.3) is 0 Å². The number of sulfone groups is 1. The molecular weight excluding hydrogens is 286 g/mol. The molecule has 0 spiro atoms. The van der Waals surface area contributed by atoms with Gasteiger partial charge in [0, 0.05) is 12.1 Å². The molecule has 1 saturated carbocycles. The van der Waals surface area contributed by atoms with E-state index in [1.165, 1.54) is 18.2 Å². The zero-order valence-electron chi connectivity index (χ0n) is 10.9. The fraction of sp³-hybridized carbons (Fsp3) is 0.538. The van der Waals surface area contributed by atoms with Gasteiger partial charge in [0.1, 0.15) is 0 Å². The summed E-state index contributed by atoms with van der Waals surface area (Å²) in [6, 6.07) is 5.56. The monoisotopic (exact) mass is 304 g/mol. The van der Waals surface area contributed by atoms with Crippen LogP contribution >= 0.6 is 0 Å². The zero-order chi connectivity index (χ0) is 14.8. The van der Waals surface area contributed by atoms with Crippen molar-refractivity contribution in [3.8, 4) is 0 Å². The molecule has 1 aliphatic carbocycles. The molecule has 0 saturated heterocycles. The Labute approximate surface area is 117 Å². The van der Waals surface area contributed by atoms with Gasteiger partial charge < -0.3 is 11.1 Å². The van der Waals surface area contributed by atoms with E-state index in [2.05, 4.69) is 5.32 Å². The molecule has 2 rings (SSSR count). The first-order chi connectivity index (χ1) is 9.43. The lowest BCUT2D eigenvalue weighted by Gasteiger charge is -2.30. The van der Waals surface area contributed by atoms with Gasteiger partial charge in [-0.2, -0.15) is 8.78 Å². The first-order valence-corrected chi connectivity index (χ1v) is 8.11. The molecule has 0 bridgehead atoms. The van der Waals surface area contributed by atoms with Crippen molar-refractivity contribution < 1.29 is 17.2 Å². The molecule has 0 aliphatic heterocycles. The number of anilines is 1. The van der Waals surface area contributed by atoms with Gasteiger partial charge >= 0.3 is 5.76 Å². The number of alkyl halides is 2. The molecule has 0 unspecified atom stereocenters. The molecule has 1 aliphatic rings. The molecule has 0 aromatic heterocycles. The second-order valence-electron chi connectivity index (χ2n) is 5.00. The Balaban J connectivity index is 2.29. The summed E-state index contributed by atoms with van der Waals surface area (Å²) in [5.41, 5.74) is 6.19. The van der Waals surface area contributed by atoms with Crippen LogP contribution in [0.2, 0.25) is 0 Å². The molecular formula is C13H18F2N2O2S. The Kier molecular flexibility index (Phi) is 4.59. The Morgan fingerprint density at radius 3 is 2.50 bits per heavy atom. The summed E-state index contributed by atoms with van der Waals surface area (Å²) in [4.78, 5) is -0.368. The maximum Gasteiger partial charge on any atom is 0.341 e. The fourth-order valence-corrected chi connectivity index (χ4v) is 3.36. The van der Waals surface area contributed by atoms with Gasteiger partial charge in [-0.1, -0.05) is 25.0 Å². The van der Waals surface area contributed by atoms with E-state index in [-0.39, 0.29) is 22.7 Å². The van der Waals surface area contributed by atoms with Crippen LogP contribution in [0.3, 0.4) is 0 Å². The topological polar surface area (TPSA) is 72.2 Å². The smallest absolute Gasteiger partial charge is 0.341 e. The Morgan fingerprint density at radius 1 is 1.20 bits per heavy atom. The number of nitrogens with one attached hydrogen (secondary N) is 1. The summed E-state index contributed by atoms with van der Waals surface area (Å²) in [6.07, 6.45) is 3.69. The largest absolute Gasteiger partial charge is 0.380 e. The highest BCUT2D eigenvalue weighted by atomic mass is 32.2. The first kappa shape index (κ1) is 15.2. The standard InChI is InChI=1S/C13H18F2N2O2S/c14-13(15)20(18,19)12-8-4-3-7-11(12)17-10-6-2-1-5-9(10)16/h3-4,7-10,13,17H,1-2,5-6,16H2/t9-,10-/m1/s1. The third-order valence-electron chi connectivity index (χ3n) is 3.59. The number of benzene rings is 1. The number of hydrogen-bond donors (Lipinski definition) is 2. The number of rotatable bonds is 4. The van der Waals surface area contributed by atoms with Crippen molar-refractivity contribution in [1.82, 2.24) is 0 Å². The molecule has 112 valence electrons.